The van der Waals surface area contributed by atoms with Crippen molar-refractivity contribution in [3.8, 4) is 0 Å². The summed E-state index contributed by atoms with van der Waals surface area (Å²) in [7, 11) is 0. The van der Waals surface area contributed by atoms with Crippen LogP contribution < -0.4 is 0 Å². The Balaban J connectivity index is 1.27. The van der Waals surface area contributed by atoms with Gasteiger partial charge in [-0.25, -0.2) is 13.2 Å². The summed E-state index contributed by atoms with van der Waals surface area (Å²) in [5, 5.41) is 0. The van der Waals surface area contributed by atoms with Crippen molar-refractivity contribution in [1.29, 1.82) is 0 Å². The van der Waals surface area contributed by atoms with Gasteiger partial charge in [-0.3, -0.25) is 0 Å². The maximum atomic E-state index is 13.7. The van der Waals surface area contributed by atoms with E-state index in [1.807, 2.05) is 0 Å². The Bertz CT molecular complexity index is 464. The maximum absolute atomic E-state index is 13.7. The molecular formula is C22H33F3. The topological polar surface area (TPSA) is 0 Å². The Labute approximate surface area is 150 Å². The zero-order chi connectivity index (χ0) is 17.4. The van der Waals surface area contributed by atoms with Crippen LogP contribution in [0, 0.1) is 29.6 Å². The number of hydrogen-bond donors (Lipinski definition) is 0. The molecule has 4 rings (SSSR count). The van der Waals surface area contributed by atoms with E-state index in [2.05, 4.69) is 6.08 Å². The van der Waals surface area contributed by atoms with Crippen molar-refractivity contribution >= 4 is 0 Å². The molecule has 3 fully saturated rings. The zero-order valence-corrected chi connectivity index (χ0v) is 15.3. The lowest BCUT2D eigenvalue weighted by Gasteiger charge is -2.41. The van der Waals surface area contributed by atoms with Crippen LogP contribution in [0.2, 0.25) is 0 Å². The van der Waals surface area contributed by atoms with Gasteiger partial charge in [-0.2, -0.15) is 0 Å². The SMILES string of the molecule is FC1CC(C2=CCC(C3CCC(C4CCC4)CC3)CC2)CC(F)C1F. The second-order valence-corrected chi connectivity index (χ2v) is 9.32. The summed E-state index contributed by atoms with van der Waals surface area (Å²) in [6.45, 7) is 0. The van der Waals surface area contributed by atoms with Gasteiger partial charge in [0.05, 0.1) is 0 Å². The number of hydrogen-bond acceptors (Lipinski definition) is 0. The standard InChI is InChI=1S/C22H33F3/c23-20-12-19(13-21(24)22(20)25)18-10-8-17(9-11-18)16-6-4-15(5-7-16)14-2-1-3-14/h10,14-17,19-22H,1-9,11-13H2. The fourth-order valence-corrected chi connectivity index (χ4v) is 6.10. The van der Waals surface area contributed by atoms with Crippen molar-refractivity contribution < 1.29 is 13.2 Å². The molecule has 0 radical (unpaired) electrons. The Morgan fingerprint density at radius 3 is 1.72 bits per heavy atom. The van der Waals surface area contributed by atoms with Crippen LogP contribution in [0.1, 0.15) is 77.0 Å². The summed E-state index contributed by atoms with van der Waals surface area (Å²) in [5.74, 6) is 3.60. The van der Waals surface area contributed by atoms with Gasteiger partial charge in [-0.15, -0.1) is 0 Å². The zero-order valence-electron chi connectivity index (χ0n) is 15.3. The average Bonchev–Trinajstić information content (AvgIpc) is 2.59. The molecule has 0 amide bonds. The molecule has 0 N–H and O–H groups in total. The molecule has 0 spiro atoms. The molecule has 4 aliphatic rings. The summed E-state index contributed by atoms with van der Waals surface area (Å²) >= 11 is 0. The fraction of sp³-hybridized carbons (Fsp3) is 0.909. The van der Waals surface area contributed by atoms with E-state index in [1.54, 1.807) is 0 Å². The Morgan fingerprint density at radius 2 is 1.24 bits per heavy atom. The maximum Gasteiger partial charge on any atom is 0.162 e. The Hall–Kier alpha value is -0.470. The fourth-order valence-electron chi connectivity index (χ4n) is 6.10. The molecule has 0 aliphatic heterocycles. The van der Waals surface area contributed by atoms with E-state index in [9.17, 15) is 13.2 Å². The van der Waals surface area contributed by atoms with Crippen LogP contribution in [-0.4, -0.2) is 18.5 Å². The van der Waals surface area contributed by atoms with Crippen LogP contribution in [0.4, 0.5) is 13.2 Å². The minimum Gasteiger partial charge on any atom is -0.244 e. The lowest BCUT2D eigenvalue weighted by molar-refractivity contribution is 0.0242. The van der Waals surface area contributed by atoms with Gasteiger partial charge in [0.15, 0.2) is 6.17 Å². The van der Waals surface area contributed by atoms with E-state index in [-0.39, 0.29) is 18.8 Å². The van der Waals surface area contributed by atoms with Crippen molar-refractivity contribution in [3.05, 3.63) is 11.6 Å². The quantitative estimate of drug-likeness (QED) is 0.492. The highest BCUT2D eigenvalue weighted by Crippen LogP contribution is 2.47. The molecule has 0 saturated heterocycles. The van der Waals surface area contributed by atoms with Crippen LogP contribution >= 0.6 is 0 Å². The third-order valence-electron chi connectivity index (χ3n) is 8.02. The monoisotopic (exact) mass is 354 g/mol. The molecule has 0 heterocycles. The van der Waals surface area contributed by atoms with Crippen LogP contribution in [0.3, 0.4) is 0 Å². The number of alkyl halides is 3. The molecule has 0 aromatic carbocycles. The van der Waals surface area contributed by atoms with Crippen molar-refractivity contribution in [2.24, 2.45) is 29.6 Å². The van der Waals surface area contributed by atoms with E-state index in [0.717, 1.165) is 36.5 Å². The van der Waals surface area contributed by atoms with E-state index >= 15 is 0 Å². The average molecular weight is 354 g/mol. The first-order valence-corrected chi connectivity index (χ1v) is 10.7. The van der Waals surface area contributed by atoms with E-state index in [1.165, 1.54) is 56.9 Å². The molecule has 4 aliphatic carbocycles. The van der Waals surface area contributed by atoms with E-state index < -0.39 is 18.5 Å². The predicted octanol–water partition coefficient (Wildman–Crippen LogP) is 6.74. The van der Waals surface area contributed by atoms with E-state index in [4.69, 9.17) is 0 Å². The largest absolute Gasteiger partial charge is 0.244 e. The van der Waals surface area contributed by atoms with Crippen LogP contribution in [0.15, 0.2) is 11.6 Å². The molecule has 3 unspecified atom stereocenters. The Morgan fingerprint density at radius 1 is 0.680 bits per heavy atom. The molecular weight excluding hydrogens is 321 g/mol. The molecule has 3 heteroatoms. The normalized spacial score (nSPS) is 46.4. The van der Waals surface area contributed by atoms with Crippen molar-refractivity contribution in [2.45, 2.75) is 95.6 Å². The van der Waals surface area contributed by atoms with Gasteiger partial charge >= 0.3 is 0 Å². The van der Waals surface area contributed by atoms with Gasteiger partial charge in [0.2, 0.25) is 0 Å². The number of halogens is 3. The van der Waals surface area contributed by atoms with Gasteiger partial charge in [0.25, 0.3) is 0 Å². The lowest BCUT2D eigenvalue weighted by Crippen LogP contribution is -2.38. The first-order chi connectivity index (χ1) is 12.1. The van der Waals surface area contributed by atoms with Crippen molar-refractivity contribution in [3.63, 3.8) is 0 Å². The molecule has 0 aromatic rings. The van der Waals surface area contributed by atoms with Gasteiger partial charge in [-0.05, 0) is 87.4 Å². The summed E-state index contributed by atoms with van der Waals surface area (Å²) in [4.78, 5) is 0. The highest BCUT2D eigenvalue weighted by atomic mass is 19.2. The van der Waals surface area contributed by atoms with Crippen LogP contribution in [-0.2, 0) is 0 Å². The molecule has 0 nitrogen and oxygen atoms in total. The molecule has 142 valence electrons. The second kappa shape index (κ2) is 7.64. The molecule has 3 saturated carbocycles. The predicted molar refractivity (Wildman–Crippen MR) is 95.6 cm³/mol. The highest BCUT2D eigenvalue weighted by molar-refractivity contribution is 5.14. The molecule has 25 heavy (non-hydrogen) atoms. The van der Waals surface area contributed by atoms with Crippen molar-refractivity contribution in [2.75, 3.05) is 0 Å². The summed E-state index contributed by atoms with van der Waals surface area (Å²) in [6, 6.07) is 0. The lowest BCUT2D eigenvalue weighted by atomic mass is 9.64. The Kier molecular flexibility index (Phi) is 5.48. The molecule has 3 atom stereocenters. The first kappa shape index (κ1) is 17.9. The van der Waals surface area contributed by atoms with Gasteiger partial charge in [0, 0.05) is 0 Å². The first-order valence-electron chi connectivity index (χ1n) is 10.7. The van der Waals surface area contributed by atoms with E-state index in [0.29, 0.717) is 0 Å². The molecule has 0 bridgehead atoms. The van der Waals surface area contributed by atoms with Crippen molar-refractivity contribution in [1.82, 2.24) is 0 Å². The minimum atomic E-state index is -1.90. The summed E-state index contributed by atoms with van der Waals surface area (Å²) in [5.41, 5.74) is 1.22. The minimum absolute atomic E-state index is 0.0627. The van der Waals surface area contributed by atoms with Crippen LogP contribution in [0.25, 0.3) is 0 Å². The van der Waals surface area contributed by atoms with Gasteiger partial charge in [0.1, 0.15) is 12.3 Å². The third-order valence-corrected chi connectivity index (χ3v) is 8.02. The second-order valence-electron chi connectivity index (χ2n) is 9.32. The summed E-state index contributed by atoms with van der Waals surface area (Å²) in [6.07, 6.45) is 10.8. The third kappa shape index (κ3) is 3.81. The summed E-state index contributed by atoms with van der Waals surface area (Å²) < 4.78 is 40.8. The molecule has 0 aromatic heterocycles. The van der Waals surface area contributed by atoms with Gasteiger partial charge < -0.3 is 0 Å². The van der Waals surface area contributed by atoms with Gasteiger partial charge in [-0.1, -0.05) is 30.9 Å². The number of allylic oxidation sites excluding steroid dienone is 2. The number of rotatable bonds is 3. The smallest absolute Gasteiger partial charge is 0.162 e. The highest BCUT2D eigenvalue weighted by Gasteiger charge is 2.40. The van der Waals surface area contributed by atoms with Crippen LogP contribution in [0.5, 0.6) is 0 Å².